The standard InChI is InChI=1S/C56H82O21/c1-51(2)20-28-27-10-11-35-53(5)14-13-36(76-49-45(41(62)39(60)32(22-57)73-49)77-48-43(64)40(61)33(24-72-48)74-47-42(63)38(59)29(58)23-71-47)52(3,4)34(53)12-15-54(35,6)56(27)19-26(56)18-55(28,50(66)67)21-37(51)75-46(65)25-16-30(68-7)44(70-9)31(17-25)69-8/h10,16-17,26,28-29,32-43,45,47-49,57-64H,11-15,18-24H2,1-9H3,(H,66,67)/t26-,28-,29+,32+,33+,34-,35+,36-,37-,38-,39+,40-,41-,42+,43+,45+,47-,48-,49-,53-,54+,55+,56+/m0/s1. The number of rotatable bonds is 13. The van der Waals surface area contributed by atoms with Crippen LogP contribution in [0, 0.1) is 56.2 Å². The quantitative estimate of drug-likeness (QED) is 0.0778. The number of carbonyl (C=O) groups excluding carboxylic acids is 1. The fourth-order valence-corrected chi connectivity index (χ4v) is 17.0. The molecule has 3 heterocycles. The van der Waals surface area contributed by atoms with Crippen molar-refractivity contribution < 1.29 is 103 Å². The Labute approximate surface area is 449 Å². The van der Waals surface area contributed by atoms with Crippen LogP contribution in [0.4, 0.5) is 0 Å². The number of aliphatic hydroxyl groups is 8. The number of ether oxygens (including phenoxy) is 10. The number of benzene rings is 1. The van der Waals surface area contributed by atoms with Crippen LogP contribution >= 0.6 is 0 Å². The molecule has 3 saturated heterocycles. The molecular formula is C56H82O21. The zero-order valence-electron chi connectivity index (χ0n) is 45.6. The molecule has 21 nitrogen and oxygen atoms in total. The molecule has 9 N–H and O–H groups in total. The topological polar surface area (TPSA) is 309 Å². The lowest BCUT2D eigenvalue weighted by Crippen LogP contribution is -2.66. The first-order valence-corrected chi connectivity index (χ1v) is 27.5. The molecule has 1 aromatic carbocycles. The normalized spacial score (nSPS) is 47.5. The second-order valence-electron chi connectivity index (χ2n) is 25.7. The van der Waals surface area contributed by atoms with E-state index in [9.17, 15) is 55.5 Å². The Morgan fingerprint density at radius 3 is 2.00 bits per heavy atom. The van der Waals surface area contributed by atoms with Crippen molar-refractivity contribution in [2.24, 2.45) is 56.2 Å². The van der Waals surface area contributed by atoms with E-state index >= 15 is 0 Å². The summed E-state index contributed by atoms with van der Waals surface area (Å²) in [5, 5.41) is 97.1. The van der Waals surface area contributed by atoms with Gasteiger partial charge in [-0.3, -0.25) is 4.79 Å². The number of hydrogen-bond donors (Lipinski definition) is 9. The summed E-state index contributed by atoms with van der Waals surface area (Å²) in [4.78, 5) is 27.9. The molecule has 0 radical (unpaired) electrons. The van der Waals surface area contributed by atoms with Crippen LogP contribution in [0.3, 0.4) is 0 Å². The highest BCUT2D eigenvalue weighted by Gasteiger charge is 2.79. The van der Waals surface area contributed by atoms with E-state index in [4.69, 9.17) is 47.4 Å². The molecule has 5 saturated carbocycles. The summed E-state index contributed by atoms with van der Waals surface area (Å²) in [7, 11) is 4.42. The van der Waals surface area contributed by atoms with Gasteiger partial charge in [0.2, 0.25) is 5.75 Å². The van der Waals surface area contributed by atoms with Crippen LogP contribution in [0.2, 0.25) is 0 Å². The van der Waals surface area contributed by atoms with Gasteiger partial charge in [0.1, 0.15) is 67.1 Å². The van der Waals surface area contributed by atoms with Crippen LogP contribution < -0.4 is 14.2 Å². The number of carboxylic acids is 1. The van der Waals surface area contributed by atoms with Crippen molar-refractivity contribution in [2.75, 3.05) is 41.2 Å². The second-order valence-corrected chi connectivity index (χ2v) is 25.7. The van der Waals surface area contributed by atoms with Gasteiger partial charge in [0.05, 0.1) is 58.2 Å². The molecular weight excluding hydrogens is 1010 g/mol. The molecule has 0 unspecified atom stereocenters. The lowest BCUT2D eigenvalue weighted by atomic mass is 9.36. The zero-order valence-corrected chi connectivity index (χ0v) is 45.6. The van der Waals surface area contributed by atoms with Crippen LogP contribution in [0.25, 0.3) is 0 Å². The maximum atomic E-state index is 14.0. The Balaban J connectivity index is 0.854. The summed E-state index contributed by atoms with van der Waals surface area (Å²) in [6.07, 6.45) is -12.4. The Morgan fingerprint density at radius 1 is 0.688 bits per heavy atom. The minimum atomic E-state index is -1.79. The summed E-state index contributed by atoms with van der Waals surface area (Å²) in [5.74, 6) is -0.201. The van der Waals surface area contributed by atoms with E-state index in [1.807, 2.05) is 0 Å². The lowest BCUT2D eigenvalue weighted by molar-refractivity contribution is -0.377. The van der Waals surface area contributed by atoms with E-state index in [1.165, 1.54) is 26.9 Å². The first-order chi connectivity index (χ1) is 36.3. The lowest BCUT2D eigenvalue weighted by Gasteiger charge is -2.69. The SMILES string of the molecule is COc1cc(C(=O)O[C@H]2C[C@]3(C(=O)O)C[C@H]4C[C@]45C(=CC[C@@H]4[C@@]6(C)CC[C@H](O[C@@H]7O[C@H](CO)[C@@H](O)[C@H](O)[C@H]7O[C@@H]7OC[C@@H](O[C@@H]8OC[C@@H](O)[C@H](O)[C@H]8O)[C@H](O)[C@H]7O)C(C)(C)[C@@H]6CC[C@]45C)[C@@H]3CC2(C)C)cc(OC)c1OC. The summed E-state index contributed by atoms with van der Waals surface area (Å²) >= 11 is 0. The number of methoxy groups -OCH3 is 3. The number of esters is 1. The van der Waals surface area contributed by atoms with Crippen molar-refractivity contribution in [3.8, 4) is 17.2 Å². The monoisotopic (exact) mass is 1090 g/mol. The highest BCUT2D eigenvalue weighted by atomic mass is 16.8. The van der Waals surface area contributed by atoms with Crippen LogP contribution in [0.15, 0.2) is 23.8 Å². The predicted molar refractivity (Wildman–Crippen MR) is 267 cm³/mol. The highest BCUT2D eigenvalue weighted by molar-refractivity contribution is 5.91. The van der Waals surface area contributed by atoms with Crippen molar-refractivity contribution in [3.05, 3.63) is 29.3 Å². The van der Waals surface area contributed by atoms with E-state index in [2.05, 4.69) is 47.6 Å². The number of allylic oxidation sites excluding steroid dienone is 2. The number of aliphatic carboxylic acids is 1. The molecule has 0 aromatic heterocycles. The third kappa shape index (κ3) is 8.86. The van der Waals surface area contributed by atoms with Gasteiger partial charge in [-0.25, -0.2) is 4.79 Å². The molecule has 432 valence electrons. The molecule has 0 bridgehead atoms. The summed E-state index contributed by atoms with van der Waals surface area (Å²) in [5.41, 5.74) is -1.18. The molecule has 23 atom stereocenters. The molecule has 77 heavy (non-hydrogen) atoms. The van der Waals surface area contributed by atoms with Crippen molar-refractivity contribution in [1.82, 2.24) is 0 Å². The number of fused-ring (bicyclic) bond motifs is 5. The van der Waals surface area contributed by atoms with Crippen LogP contribution in [-0.4, -0.2) is 191 Å². The average molecular weight is 1090 g/mol. The van der Waals surface area contributed by atoms with E-state index in [1.54, 1.807) is 12.1 Å². The van der Waals surface area contributed by atoms with Gasteiger partial charge in [0, 0.05) is 17.3 Å². The largest absolute Gasteiger partial charge is 0.493 e. The maximum absolute atomic E-state index is 14.0. The molecule has 21 heteroatoms. The molecule has 9 aliphatic rings. The maximum Gasteiger partial charge on any atom is 0.338 e. The molecule has 8 fully saturated rings. The smallest absolute Gasteiger partial charge is 0.338 e. The van der Waals surface area contributed by atoms with Crippen LogP contribution in [0.5, 0.6) is 17.2 Å². The number of carboxylic acid groups (broad SMARTS) is 1. The van der Waals surface area contributed by atoms with Crippen molar-refractivity contribution in [3.63, 3.8) is 0 Å². The Bertz CT molecular complexity index is 2390. The van der Waals surface area contributed by atoms with Gasteiger partial charge in [0.15, 0.2) is 30.4 Å². The van der Waals surface area contributed by atoms with E-state index in [0.717, 1.165) is 32.1 Å². The predicted octanol–water partition coefficient (Wildman–Crippen LogP) is 2.46. The first kappa shape index (κ1) is 57.0. The van der Waals surface area contributed by atoms with Gasteiger partial charge in [-0.2, -0.15) is 0 Å². The van der Waals surface area contributed by atoms with E-state index in [-0.39, 0.29) is 58.5 Å². The van der Waals surface area contributed by atoms with Crippen molar-refractivity contribution in [2.45, 2.75) is 191 Å². The summed E-state index contributed by atoms with van der Waals surface area (Å²) in [6.45, 7) is 12.0. The first-order valence-electron chi connectivity index (χ1n) is 27.5. The molecule has 1 spiro atoms. The van der Waals surface area contributed by atoms with Crippen LogP contribution in [-0.2, 0) is 38.0 Å². The summed E-state index contributed by atoms with van der Waals surface area (Å²) < 4.78 is 58.8. The number of hydrogen-bond acceptors (Lipinski definition) is 20. The minimum absolute atomic E-state index is 0.135. The Morgan fingerprint density at radius 2 is 1.35 bits per heavy atom. The molecule has 3 aliphatic heterocycles. The van der Waals surface area contributed by atoms with Gasteiger partial charge in [-0.15, -0.1) is 0 Å². The van der Waals surface area contributed by atoms with Gasteiger partial charge in [-0.1, -0.05) is 53.2 Å². The molecule has 10 rings (SSSR count). The minimum Gasteiger partial charge on any atom is -0.493 e. The van der Waals surface area contributed by atoms with E-state index < -0.39 is 134 Å². The Kier molecular flexibility index (Phi) is 15.0. The second kappa shape index (κ2) is 20.3. The fraction of sp³-hybridized carbons (Fsp3) is 0.821. The highest BCUT2D eigenvalue weighted by Crippen LogP contribution is 2.85. The molecule has 0 amide bonds. The molecule has 1 aromatic rings. The number of aliphatic hydroxyl groups excluding tert-OH is 8. The molecule has 6 aliphatic carbocycles. The van der Waals surface area contributed by atoms with Crippen LogP contribution in [0.1, 0.15) is 110 Å². The van der Waals surface area contributed by atoms with Gasteiger partial charge < -0.3 is 93.3 Å². The van der Waals surface area contributed by atoms with Crippen molar-refractivity contribution in [1.29, 1.82) is 0 Å². The fourth-order valence-electron chi connectivity index (χ4n) is 17.0. The van der Waals surface area contributed by atoms with Gasteiger partial charge >= 0.3 is 11.9 Å². The van der Waals surface area contributed by atoms with Gasteiger partial charge in [0.25, 0.3) is 0 Å². The number of carbonyl (C=O) groups is 2. The van der Waals surface area contributed by atoms with E-state index in [0.29, 0.717) is 36.5 Å². The van der Waals surface area contributed by atoms with Gasteiger partial charge in [-0.05, 0) is 103 Å². The third-order valence-corrected chi connectivity index (χ3v) is 21.2. The summed E-state index contributed by atoms with van der Waals surface area (Å²) in [6, 6.07) is 3.09. The zero-order chi connectivity index (χ0) is 55.7. The third-order valence-electron chi connectivity index (χ3n) is 21.2. The average Bonchev–Trinajstić information content (AvgIpc) is 4.28. The Hall–Kier alpha value is -3.26. The van der Waals surface area contributed by atoms with Crippen molar-refractivity contribution >= 4 is 11.9 Å².